The van der Waals surface area contributed by atoms with E-state index in [4.69, 9.17) is 0 Å². The molecule has 0 aliphatic heterocycles. The van der Waals surface area contributed by atoms with Crippen LogP contribution in [0.2, 0.25) is 0 Å². The van der Waals surface area contributed by atoms with Gasteiger partial charge in [-0.25, -0.2) is 0 Å². The molecular weight excluding hydrogens is 288 g/mol. The highest BCUT2D eigenvalue weighted by atomic mass is 16.4. The van der Waals surface area contributed by atoms with Gasteiger partial charge in [0.05, 0.1) is 5.41 Å². The molecule has 2 bridgehead atoms. The topological polar surface area (TPSA) is 54.4 Å². The van der Waals surface area contributed by atoms with Crippen LogP contribution in [0.4, 0.5) is 0 Å². The zero-order valence-corrected chi connectivity index (χ0v) is 14.7. The molecule has 3 nitrogen and oxygen atoms in total. The minimum atomic E-state index is -0.621. The van der Waals surface area contributed by atoms with Crippen molar-refractivity contribution in [3.05, 3.63) is 0 Å². The summed E-state index contributed by atoms with van der Waals surface area (Å²) in [7, 11) is 0. The number of carboxylic acids is 1. The summed E-state index contributed by atoms with van der Waals surface area (Å²) in [6, 6.07) is 0. The van der Waals surface area contributed by atoms with Gasteiger partial charge in [0.25, 0.3) is 0 Å². The molecule has 0 aromatic heterocycles. The van der Waals surface area contributed by atoms with E-state index in [9.17, 15) is 14.7 Å². The van der Waals surface area contributed by atoms with Crippen molar-refractivity contribution in [2.45, 2.75) is 72.1 Å². The van der Waals surface area contributed by atoms with Gasteiger partial charge in [0, 0.05) is 11.3 Å². The SMILES string of the molecule is CC1C(=O)C23CCC4C(C)(C(=O)O)CCCC4(C)C2CCC1C3. The Morgan fingerprint density at radius 2 is 1.83 bits per heavy atom. The van der Waals surface area contributed by atoms with Crippen LogP contribution in [0.3, 0.4) is 0 Å². The number of carbonyl (C=O) groups is 2. The second-order valence-electron chi connectivity index (χ2n) is 9.58. The fourth-order valence-electron chi connectivity index (χ4n) is 7.73. The van der Waals surface area contributed by atoms with Crippen LogP contribution in [0, 0.1) is 39.9 Å². The Balaban J connectivity index is 1.78. The number of hydrogen-bond donors (Lipinski definition) is 1. The van der Waals surface area contributed by atoms with Crippen LogP contribution >= 0.6 is 0 Å². The summed E-state index contributed by atoms with van der Waals surface area (Å²) < 4.78 is 0. The predicted octanol–water partition coefficient (Wildman–Crippen LogP) is 4.30. The Hall–Kier alpha value is -0.860. The largest absolute Gasteiger partial charge is 0.481 e. The molecule has 4 aliphatic carbocycles. The molecule has 3 heteroatoms. The van der Waals surface area contributed by atoms with Crippen LogP contribution in [0.15, 0.2) is 0 Å². The summed E-state index contributed by atoms with van der Waals surface area (Å²) >= 11 is 0. The minimum absolute atomic E-state index is 0.0360. The number of aliphatic carboxylic acids is 1. The Bertz CT molecular complexity index is 569. The first-order valence-corrected chi connectivity index (χ1v) is 9.53. The van der Waals surface area contributed by atoms with Gasteiger partial charge in [0.15, 0.2) is 0 Å². The lowest BCUT2D eigenvalue weighted by molar-refractivity contribution is -0.182. The molecule has 4 rings (SSSR count). The van der Waals surface area contributed by atoms with E-state index in [0.717, 1.165) is 44.9 Å². The number of carbonyl (C=O) groups excluding carboxylic acids is 1. The van der Waals surface area contributed by atoms with Crippen molar-refractivity contribution in [1.82, 2.24) is 0 Å². The summed E-state index contributed by atoms with van der Waals surface area (Å²) in [5.41, 5.74) is -0.669. The first-order chi connectivity index (χ1) is 10.8. The van der Waals surface area contributed by atoms with Crippen LogP contribution < -0.4 is 0 Å². The van der Waals surface area contributed by atoms with E-state index in [0.29, 0.717) is 17.6 Å². The lowest BCUT2D eigenvalue weighted by Gasteiger charge is -2.62. The van der Waals surface area contributed by atoms with E-state index in [-0.39, 0.29) is 22.7 Å². The van der Waals surface area contributed by atoms with E-state index in [1.807, 2.05) is 6.92 Å². The Morgan fingerprint density at radius 3 is 2.52 bits per heavy atom. The van der Waals surface area contributed by atoms with Crippen LogP contribution in [0.25, 0.3) is 0 Å². The third-order valence-corrected chi connectivity index (χ3v) is 8.87. The molecule has 1 spiro atoms. The molecule has 4 fully saturated rings. The Labute approximate surface area is 139 Å². The van der Waals surface area contributed by atoms with Crippen molar-refractivity contribution >= 4 is 11.8 Å². The third kappa shape index (κ3) is 1.72. The summed E-state index contributed by atoms with van der Waals surface area (Å²) in [5.74, 6) is 1.37. The molecule has 128 valence electrons. The van der Waals surface area contributed by atoms with Crippen LogP contribution in [-0.4, -0.2) is 16.9 Å². The fraction of sp³-hybridized carbons (Fsp3) is 0.900. The van der Waals surface area contributed by atoms with Gasteiger partial charge in [-0.15, -0.1) is 0 Å². The van der Waals surface area contributed by atoms with Gasteiger partial charge in [0.2, 0.25) is 0 Å². The average Bonchev–Trinajstić information content (AvgIpc) is 2.68. The second-order valence-corrected chi connectivity index (χ2v) is 9.58. The minimum Gasteiger partial charge on any atom is -0.481 e. The standard InChI is InChI=1S/C20H30O3/c1-12-13-5-6-15-18(2)8-4-9-19(3,17(22)23)14(18)7-10-20(15,11-13)16(12)21/h12-15H,4-11H2,1-3H3,(H,22,23). The van der Waals surface area contributed by atoms with E-state index < -0.39 is 11.4 Å². The maximum absolute atomic E-state index is 13.1. The smallest absolute Gasteiger partial charge is 0.309 e. The van der Waals surface area contributed by atoms with Gasteiger partial charge in [-0.2, -0.15) is 0 Å². The van der Waals surface area contributed by atoms with Gasteiger partial charge in [-0.05, 0) is 75.0 Å². The maximum Gasteiger partial charge on any atom is 0.309 e. The lowest BCUT2D eigenvalue weighted by atomic mass is 9.41. The van der Waals surface area contributed by atoms with Crippen molar-refractivity contribution in [2.24, 2.45) is 39.9 Å². The third-order valence-electron chi connectivity index (χ3n) is 8.87. The van der Waals surface area contributed by atoms with Gasteiger partial charge < -0.3 is 5.11 Å². The first-order valence-electron chi connectivity index (χ1n) is 9.53. The molecule has 0 aromatic carbocycles. The van der Waals surface area contributed by atoms with Crippen LogP contribution in [0.5, 0.6) is 0 Å². The highest BCUT2D eigenvalue weighted by Crippen LogP contribution is 2.71. The Morgan fingerprint density at radius 1 is 1.09 bits per heavy atom. The summed E-state index contributed by atoms with van der Waals surface area (Å²) in [6.45, 7) is 6.45. The van der Waals surface area contributed by atoms with Crippen molar-refractivity contribution < 1.29 is 14.7 Å². The van der Waals surface area contributed by atoms with E-state index in [1.54, 1.807) is 0 Å². The molecule has 0 amide bonds. The van der Waals surface area contributed by atoms with Gasteiger partial charge in [-0.1, -0.05) is 20.3 Å². The monoisotopic (exact) mass is 318 g/mol. The molecule has 7 unspecified atom stereocenters. The summed E-state index contributed by atoms with van der Waals surface area (Å²) in [4.78, 5) is 25.2. The normalized spacial score (nSPS) is 55.2. The molecule has 4 aliphatic rings. The van der Waals surface area contributed by atoms with E-state index in [1.165, 1.54) is 6.42 Å². The van der Waals surface area contributed by atoms with Crippen molar-refractivity contribution in [2.75, 3.05) is 0 Å². The maximum atomic E-state index is 13.1. The van der Waals surface area contributed by atoms with Gasteiger partial charge in [-0.3, -0.25) is 9.59 Å². The molecule has 1 N–H and O–H groups in total. The van der Waals surface area contributed by atoms with Crippen LogP contribution in [-0.2, 0) is 9.59 Å². The number of Topliss-reactive ketones (excluding diaryl/α,β-unsaturated/α-hetero) is 1. The number of hydrogen-bond acceptors (Lipinski definition) is 2. The molecule has 23 heavy (non-hydrogen) atoms. The fourth-order valence-corrected chi connectivity index (χ4v) is 7.73. The van der Waals surface area contributed by atoms with Gasteiger partial charge in [0.1, 0.15) is 5.78 Å². The van der Waals surface area contributed by atoms with Crippen LogP contribution in [0.1, 0.15) is 72.1 Å². The molecule has 0 saturated heterocycles. The molecule has 0 radical (unpaired) electrons. The molecule has 7 atom stereocenters. The van der Waals surface area contributed by atoms with Crippen molar-refractivity contribution in [3.63, 3.8) is 0 Å². The Kier molecular flexibility index (Phi) is 3.14. The molecule has 0 heterocycles. The number of fused-ring (bicyclic) bond motifs is 3. The van der Waals surface area contributed by atoms with Crippen molar-refractivity contribution in [1.29, 1.82) is 0 Å². The van der Waals surface area contributed by atoms with E-state index >= 15 is 0 Å². The summed E-state index contributed by atoms with van der Waals surface area (Å²) in [6.07, 6.45) is 8.18. The van der Waals surface area contributed by atoms with E-state index in [2.05, 4.69) is 13.8 Å². The highest BCUT2D eigenvalue weighted by molar-refractivity contribution is 5.90. The predicted molar refractivity (Wildman–Crippen MR) is 87.9 cm³/mol. The zero-order chi connectivity index (χ0) is 16.6. The second kappa shape index (κ2) is 4.61. The summed E-state index contributed by atoms with van der Waals surface area (Å²) in [5, 5.41) is 9.90. The van der Waals surface area contributed by atoms with Crippen molar-refractivity contribution in [3.8, 4) is 0 Å². The number of ketones is 1. The average molecular weight is 318 g/mol. The highest BCUT2D eigenvalue weighted by Gasteiger charge is 2.68. The number of carboxylic acid groups (broad SMARTS) is 1. The molecular formula is C20H30O3. The lowest BCUT2D eigenvalue weighted by Crippen LogP contribution is -2.59. The number of rotatable bonds is 1. The zero-order valence-electron chi connectivity index (χ0n) is 14.7. The van der Waals surface area contributed by atoms with Gasteiger partial charge >= 0.3 is 5.97 Å². The molecule has 4 saturated carbocycles. The quantitative estimate of drug-likeness (QED) is 0.784. The molecule has 0 aromatic rings. The first kappa shape index (κ1) is 15.7.